The normalized spacial score (nSPS) is 25.9. The molecule has 10 nitrogen and oxygen atoms in total. The fraction of sp³-hybridized carbons (Fsp3) is 0.192. The lowest BCUT2D eigenvalue weighted by molar-refractivity contribution is -0.384. The van der Waals surface area contributed by atoms with Crippen molar-refractivity contribution in [1.82, 2.24) is 5.32 Å². The summed E-state index contributed by atoms with van der Waals surface area (Å²) < 4.78 is 14.4. The molecule has 186 valence electrons. The number of carbonyl (C=O) groups excluding carboxylic acids is 3. The van der Waals surface area contributed by atoms with Crippen molar-refractivity contribution in [3.05, 3.63) is 93.8 Å². The zero-order chi connectivity index (χ0) is 26.1. The minimum Gasteiger partial charge on any atom is -0.508 e. The number of nitro benzene ring substituents is 1. The highest BCUT2D eigenvalue weighted by atomic mass is 19.1. The first kappa shape index (κ1) is 22.8. The number of phenolic OH excluding ortho intramolecular Hbond substituents is 1. The van der Waals surface area contributed by atoms with Crippen LogP contribution in [0.4, 0.5) is 21.5 Å². The molecular weight excluding hydrogens is 483 g/mol. The number of halogens is 1. The van der Waals surface area contributed by atoms with Crippen molar-refractivity contribution in [2.24, 2.45) is 11.8 Å². The van der Waals surface area contributed by atoms with Gasteiger partial charge >= 0.3 is 0 Å². The smallest absolute Gasteiger partial charge is 0.271 e. The Morgan fingerprint density at radius 3 is 2.51 bits per heavy atom. The maximum Gasteiger partial charge on any atom is 0.271 e. The van der Waals surface area contributed by atoms with Gasteiger partial charge < -0.3 is 10.4 Å². The first-order valence-electron chi connectivity index (χ1n) is 11.5. The molecule has 0 aromatic heterocycles. The van der Waals surface area contributed by atoms with Gasteiger partial charge in [0, 0.05) is 29.4 Å². The molecule has 3 aliphatic heterocycles. The van der Waals surface area contributed by atoms with Crippen molar-refractivity contribution in [3.8, 4) is 5.75 Å². The van der Waals surface area contributed by atoms with Gasteiger partial charge in [-0.1, -0.05) is 18.2 Å². The van der Waals surface area contributed by atoms with Gasteiger partial charge in [0.2, 0.25) is 17.7 Å². The van der Waals surface area contributed by atoms with E-state index in [1.807, 2.05) is 0 Å². The molecule has 3 heterocycles. The van der Waals surface area contributed by atoms with Gasteiger partial charge in [-0.15, -0.1) is 0 Å². The van der Waals surface area contributed by atoms with Gasteiger partial charge in [0.15, 0.2) is 0 Å². The second-order valence-corrected chi connectivity index (χ2v) is 9.37. The van der Waals surface area contributed by atoms with Gasteiger partial charge in [0.25, 0.3) is 5.69 Å². The number of nitrogens with one attached hydrogen (secondary N) is 2. The molecule has 3 aromatic carbocycles. The molecule has 37 heavy (non-hydrogen) atoms. The number of phenols is 1. The summed E-state index contributed by atoms with van der Waals surface area (Å²) in [6, 6.07) is 14.5. The van der Waals surface area contributed by atoms with Crippen LogP contribution >= 0.6 is 0 Å². The summed E-state index contributed by atoms with van der Waals surface area (Å²) in [5.74, 6) is -4.68. The fourth-order valence-corrected chi connectivity index (χ4v) is 5.84. The van der Waals surface area contributed by atoms with E-state index >= 15 is 0 Å². The average molecular weight is 502 g/mol. The minimum atomic E-state index is -1.72. The summed E-state index contributed by atoms with van der Waals surface area (Å²) in [5.41, 5.74) is -0.700. The lowest BCUT2D eigenvalue weighted by atomic mass is 9.76. The van der Waals surface area contributed by atoms with E-state index in [1.165, 1.54) is 48.5 Å². The highest BCUT2D eigenvalue weighted by Gasteiger charge is 2.70. The number of rotatable bonds is 4. The topological polar surface area (TPSA) is 142 Å². The summed E-state index contributed by atoms with van der Waals surface area (Å²) >= 11 is 0. The van der Waals surface area contributed by atoms with Gasteiger partial charge in [-0.3, -0.25) is 29.8 Å². The van der Waals surface area contributed by atoms with E-state index in [2.05, 4.69) is 10.6 Å². The molecule has 6 rings (SSSR count). The number of carbonyl (C=O) groups is 3. The lowest BCUT2D eigenvalue weighted by Gasteiger charge is -2.29. The highest BCUT2D eigenvalue weighted by Crippen LogP contribution is 2.54. The Kier molecular flexibility index (Phi) is 4.89. The maximum atomic E-state index is 14.4. The average Bonchev–Trinajstić information content (AvgIpc) is 3.45. The third-order valence-electron chi connectivity index (χ3n) is 7.37. The molecule has 4 atom stereocenters. The van der Waals surface area contributed by atoms with Crippen LogP contribution in [-0.2, 0) is 26.3 Å². The molecule has 3 aliphatic rings. The number of amides is 3. The number of anilines is 2. The predicted octanol–water partition coefficient (Wildman–Crippen LogP) is 2.61. The van der Waals surface area contributed by atoms with E-state index in [4.69, 9.17) is 0 Å². The van der Waals surface area contributed by atoms with Gasteiger partial charge in [-0.25, -0.2) is 9.29 Å². The Hall–Kier alpha value is -4.64. The second kappa shape index (κ2) is 7.93. The molecule has 1 spiro atoms. The summed E-state index contributed by atoms with van der Waals surface area (Å²) in [5, 5.41) is 26.9. The zero-order valence-corrected chi connectivity index (χ0v) is 19.1. The Morgan fingerprint density at radius 1 is 1.03 bits per heavy atom. The third-order valence-corrected chi connectivity index (χ3v) is 7.37. The van der Waals surface area contributed by atoms with Gasteiger partial charge in [-0.05, 0) is 48.4 Å². The van der Waals surface area contributed by atoms with Crippen molar-refractivity contribution in [2.45, 2.75) is 18.0 Å². The van der Waals surface area contributed by atoms with Crippen molar-refractivity contribution in [1.29, 1.82) is 0 Å². The van der Waals surface area contributed by atoms with Crippen LogP contribution < -0.4 is 15.5 Å². The first-order chi connectivity index (χ1) is 17.7. The van der Waals surface area contributed by atoms with E-state index in [-0.39, 0.29) is 29.1 Å². The van der Waals surface area contributed by atoms with Crippen molar-refractivity contribution in [2.75, 3.05) is 10.2 Å². The Labute approximate surface area is 208 Å². The molecule has 3 unspecified atom stereocenters. The Balaban J connectivity index is 1.49. The number of hydrogen-bond donors (Lipinski definition) is 3. The minimum absolute atomic E-state index is 0.0232. The monoisotopic (exact) mass is 502 g/mol. The largest absolute Gasteiger partial charge is 0.508 e. The molecule has 3 N–H and O–H groups in total. The van der Waals surface area contributed by atoms with Crippen LogP contribution in [0.25, 0.3) is 0 Å². The number of benzene rings is 3. The SMILES string of the molecule is O=C1C2C(Cc3ccc(O)cc3)N[C@]3(C(=O)Nc4ccc(F)cc43)C2C(=O)N1c1cccc([N+](=O)[O-])c1. The van der Waals surface area contributed by atoms with Gasteiger partial charge in [-0.2, -0.15) is 0 Å². The maximum absolute atomic E-state index is 14.4. The van der Waals surface area contributed by atoms with E-state index in [0.717, 1.165) is 16.5 Å². The quantitative estimate of drug-likeness (QED) is 0.283. The number of imide groups is 1. The molecule has 0 saturated carbocycles. The Morgan fingerprint density at radius 2 is 1.78 bits per heavy atom. The van der Waals surface area contributed by atoms with E-state index in [9.17, 15) is 34.0 Å². The van der Waals surface area contributed by atoms with Crippen LogP contribution in [0.1, 0.15) is 11.1 Å². The number of hydrogen-bond acceptors (Lipinski definition) is 7. The number of nitrogens with zero attached hydrogens (tertiary/aromatic N) is 2. The third kappa shape index (κ3) is 3.24. The summed E-state index contributed by atoms with van der Waals surface area (Å²) in [4.78, 5) is 52.8. The van der Waals surface area contributed by atoms with Crippen LogP contribution in [0.15, 0.2) is 66.7 Å². The van der Waals surface area contributed by atoms with Crippen LogP contribution in [0, 0.1) is 27.8 Å². The number of non-ortho nitro benzene ring substituents is 1. The summed E-state index contributed by atoms with van der Waals surface area (Å²) in [7, 11) is 0. The van der Waals surface area contributed by atoms with Gasteiger partial charge in [0.1, 0.15) is 17.1 Å². The van der Waals surface area contributed by atoms with Crippen molar-refractivity contribution < 1.29 is 28.8 Å². The van der Waals surface area contributed by atoms with E-state index < -0.39 is 51.9 Å². The molecule has 2 fully saturated rings. The molecule has 3 aromatic rings. The molecule has 0 aliphatic carbocycles. The molecule has 3 amide bonds. The van der Waals surface area contributed by atoms with Gasteiger partial charge in [0.05, 0.1) is 22.4 Å². The van der Waals surface area contributed by atoms with Crippen LogP contribution in [0.3, 0.4) is 0 Å². The molecule has 0 bridgehead atoms. The van der Waals surface area contributed by atoms with Crippen LogP contribution in [-0.4, -0.2) is 33.8 Å². The lowest BCUT2D eigenvalue weighted by Crippen LogP contribution is -2.53. The van der Waals surface area contributed by atoms with Crippen LogP contribution in [0.2, 0.25) is 0 Å². The predicted molar refractivity (Wildman–Crippen MR) is 128 cm³/mol. The fourth-order valence-electron chi connectivity index (χ4n) is 5.84. The number of nitro groups is 1. The zero-order valence-electron chi connectivity index (χ0n) is 19.1. The first-order valence-corrected chi connectivity index (χ1v) is 11.5. The molecule has 0 radical (unpaired) electrons. The molecule has 11 heteroatoms. The van der Waals surface area contributed by atoms with E-state index in [1.54, 1.807) is 12.1 Å². The molecular formula is C26H19FN4O6. The van der Waals surface area contributed by atoms with E-state index in [0.29, 0.717) is 5.69 Å². The number of aromatic hydroxyl groups is 1. The van der Waals surface area contributed by atoms with Crippen molar-refractivity contribution in [3.63, 3.8) is 0 Å². The van der Waals surface area contributed by atoms with Crippen molar-refractivity contribution >= 4 is 34.8 Å². The second-order valence-electron chi connectivity index (χ2n) is 9.37. The summed E-state index contributed by atoms with van der Waals surface area (Å²) in [6.45, 7) is 0. The molecule has 2 saturated heterocycles. The highest BCUT2D eigenvalue weighted by molar-refractivity contribution is 6.25. The number of fused-ring (bicyclic) bond motifs is 4. The Bertz CT molecular complexity index is 1510. The van der Waals surface area contributed by atoms with Crippen LogP contribution in [0.5, 0.6) is 5.75 Å². The summed E-state index contributed by atoms with van der Waals surface area (Å²) in [6.07, 6.45) is 0.225. The standard InChI is InChI=1S/C26H19FN4O6/c27-14-6-9-19-18(11-14)26(25(35)28-19)22-21(20(29-26)10-13-4-7-17(32)8-5-13)23(33)30(24(22)34)15-2-1-3-16(12-15)31(36)37/h1-9,11-12,20-22,29,32H,10H2,(H,28,35)/t20?,21?,22?,26-/m0/s1.